The Morgan fingerprint density at radius 2 is 1.03 bits per heavy atom. The lowest BCUT2D eigenvalue weighted by atomic mass is 9.47. The zero-order valence-electron chi connectivity index (χ0n) is 36.6. The Morgan fingerprint density at radius 3 is 1.43 bits per heavy atom. The third kappa shape index (κ3) is 10.1. The third-order valence-corrected chi connectivity index (χ3v) is 15.3. The molecule has 60 heavy (non-hydrogen) atoms. The number of carbonyl (C=O) groups excluding carboxylic acids is 4. The van der Waals surface area contributed by atoms with Gasteiger partial charge in [-0.15, -0.1) is 0 Å². The molecule has 3 N–H and O–H groups in total. The first-order valence-electron chi connectivity index (χ1n) is 21.2. The van der Waals surface area contributed by atoms with Crippen LogP contribution in [0.5, 0.6) is 0 Å². The largest absolute Gasteiger partial charge is 0.481 e. The molecular weight excluding hydrogens is 780 g/mol. The van der Waals surface area contributed by atoms with Crippen molar-refractivity contribution in [1.29, 1.82) is 0 Å². The molecule has 0 unspecified atom stereocenters. The van der Waals surface area contributed by atoms with Crippen molar-refractivity contribution in [3.8, 4) is 0 Å². The number of aliphatic hydroxyl groups excluding tert-OH is 1. The van der Waals surface area contributed by atoms with E-state index in [4.69, 9.17) is 28.4 Å². The fourth-order valence-electron chi connectivity index (χ4n) is 12.0. The molecule has 0 aromatic rings. The van der Waals surface area contributed by atoms with E-state index in [9.17, 15) is 44.1 Å². The Bertz CT molecular complexity index is 1640. The first-order chi connectivity index (χ1) is 28.2. The van der Waals surface area contributed by atoms with E-state index >= 15 is 0 Å². The molecule has 0 radical (unpaired) electrons. The van der Waals surface area contributed by atoms with E-state index < -0.39 is 83.5 Å². The summed E-state index contributed by atoms with van der Waals surface area (Å²) in [5, 5.41) is 29.9. The highest BCUT2D eigenvalue weighted by Crippen LogP contribution is 2.62. The van der Waals surface area contributed by atoms with Crippen molar-refractivity contribution in [2.24, 2.45) is 57.2 Å². The number of rotatable bonds is 19. The van der Waals surface area contributed by atoms with E-state index in [2.05, 4.69) is 33.9 Å². The first-order valence-corrected chi connectivity index (χ1v) is 21.2. The number of carboxylic acid groups (broad SMARTS) is 2. The van der Waals surface area contributed by atoms with Crippen molar-refractivity contribution >= 4 is 35.8 Å². The van der Waals surface area contributed by atoms with E-state index in [1.54, 1.807) is 0 Å². The normalized spacial score (nSPS) is 33.5. The second-order valence-electron chi connectivity index (χ2n) is 18.9. The Balaban J connectivity index is 1.55. The van der Waals surface area contributed by atoms with Gasteiger partial charge in [-0.1, -0.05) is 64.8 Å². The van der Waals surface area contributed by atoms with Gasteiger partial charge < -0.3 is 43.7 Å². The number of methoxy groups -OCH3 is 3. The topological polar surface area (TPSA) is 218 Å². The van der Waals surface area contributed by atoms with Crippen molar-refractivity contribution in [3.63, 3.8) is 0 Å². The predicted molar refractivity (Wildman–Crippen MR) is 216 cm³/mol. The van der Waals surface area contributed by atoms with Crippen LogP contribution >= 0.6 is 0 Å². The molecule has 0 heterocycles. The second-order valence-corrected chi connectivity index (χ2v) is 18.9. The summed E-state index contributed by atoms with van der Waals surface area (Å²) in [6, 6.07) is 0. The highest BCUT2D eigenvalue weighted by molar-refractivity contribution is 5.87. The minimum Gasteiger partial charge on any atom is -0.481 e. The zero-order chi connectivity index (χ0) is 44.8. The minimum absolute atomic E-state index is 0.00944. The van der Waals surface area contributed by atoms with Crippen LogP contribution in [-0.4, -0.2) is 111 Å². The van der Waals surface area contributed by atoms with Gasteiger partial charge in [0.1, 0.15) is 11.8 Å². The molecule has 12 atom stereocenters. The van der Waals surface area contributed by atoms with Gasteiger partial charge in [0.05, 0.1) is 54.0 Å². The van der Waals surface area contributed by atoms with Gasteiger partial charge in [-0.2, -0.15) is 0 Å². The maximum Gasteiger partial charge on any atom is 0.335 e. The van der Waals surface area contributed by atoms with Crippen LogP contribution < -0.4 is 0 Å². The number of hydrogen-bond acceptors (Lipinski definition) is 13. The van der Waals surface area contributed by atoms with Crippen LogP contribution in [0.1, 0.15) is 105 Å². The van der Waals surface area contributed by atoms with Crippen LogP contribution in [0.4, 0.5) is 0 Å². The predicted octanol–water partition coefficient (Wildman–Crippen LogP) is 5.55. The van der Waals surface area contributed by atoms with Crippen molar-refractivity contribution in [3.05, 3.63) is 24.3 Å². The third-order valence-electron chi connectivity index (χ3n) is 15.3. The Kier molecular flexibility index (Phi) is 16.2. The lowest BCUT2D eigenvalue weighted by Crippen LogP contribution is -2.54. The van der Waals surface area contributed by atoms with Gasteiger partial charge in [-0.3, -0.25) is 19.2 Å². The number of aliphatic carboxylic acids is 2. The van der Waals surface area contributed by atoms with E-state index in [0.29, 0.717) is 19.3 Å². The van der Waals surface area contributed by atoms with E-state index in [1.165, 1.54) is 0 Å². The van der Waals surface area contributed by atoms with Crippen LogP contribution in [0.3, 0.4) is 0 Å². The Morgan fingerprint density at radius 1 is 0.633 bits per heavy atom. The number of esters is 4. The van der Waals surface area contributed by atoms with Gasteiger partial charge in [0, 0.05) is 23.9 Å². The summed E-state index contributed by atoms with van der Waals surface area (Å²) in [5.74, 6) is -9.69. The summed E-state index contributed by atoms with van der Waals surface area (Å²) in [6.45, 7) is 17.0. The highest BCUT2D eigenvalue weighted by atomic mass is 16.6. The van der Waals surface area contributed by atoms with Crippen LogP contribution in [0, 0.1) is 57.2 Å². The Labute approximate surface area is 353 Å². The van der Waals surface area contributed by atoms with Crippen LogP contribution in [0.25, 0.3) is 0 Å². The van der Waals surface area contributed by atoms with Gasteiger partial charge in [-0.05, 0) is 79.4 Å². The van der Waals surface area contributed by atoms with Crippen LogP contribution in [0.15, 0.2) is 24.3 Å². The van der Waals surface area contributed by atoms with Crippen molar-refractivity contribution in [1.82, 2.24) is 0 Å². The highest BCUT2D eigenvalue weighted by Gasteiger charge is 2.57. The molecule has 4 saturated carbocycles. The molecule has 4 aliphatic carbocycles. The lowest BCUT2D eigenvalue weighted by Gasteiger charge is -2.58. The van der Waals surface area contributed by atoms with Crippen molar-refractivity contribution < 1.29 is 72.5 Å². The maximum atomic E-state index is 14.1. The summed E-state index contributed by atoms with van der Waals surface area (Å²) in [5.41, 5.74) is 0.124. The van der Waals surface area contributed by atoms with E-state index in [-0.39, 0.29) is 60.9 Å². The van der Waals surface area contributed by atoms with Crippen molar-refractivity contribution in [2.45, 2.75) is 117 Å². The van der Waals surface area contributed by atoms with Crippen LogP contribution in [-0.2, 0) is 57.2 Å². The van der Waals surface area contributed by atoms with Crippen molar-refractivity contribution in [2.75, 3.05) is 47.8 Å². The summed E-state index contributed by atoms with van der Waals surface area (Å²) >= 11 is 0. The van der Waals surface area contributed by atoms with E-state index in [0.717, 1.165) is 77.4 Å². The quantitative estimate of drug-likeness (QED) is 0.0825. The number of ether oxygens (including phenoxy) is 6. The van der Waals surface area contributed by atoms with Gasteiger partial charge in [0.15, 0.2) is 12.2 Å². The second kappa shape index (κ2) is 19.9. The molecule has 0 aliphatic heterocycles. The average Bonchev–Trinajstić information content (AvgIpc) is 3.19. The monoisotopic (exact) mass is 848 g/mol. The lowest BCUT2D eigenvalue weighted by molar-refractivity contribution is -0.181. The molecule has 4 fully saturated rings. The zero-order valence-corrected chi connectivity index (χ0v) is 36.6. The smallest absolute Gasteiger partial charge is 0.335 e. The maximum absolute atomic E-state index is 14.1. The number of carbonyl (C=O) groups is 6. The molecule has 4 aliphatic rings. The first kappa shape index (κ1) is 48.8. The molecule has 0 saturated heterocycles. The standard InChI is InChI=1S/C45H68O15/c1-26-12-14-32-42(3,24-46)16-10-18-44(32,5)30(26)22-59-37(41(54)57-9)29(21-35(49)50)39(52)60-25-43(4)17-11-19-45(6)31(27(2)13-15-33(43)45)23-58-36(40(53)56-8)28(20-34(47)48)38(51)55-7/h28-33,36-37,46H,1-2,10-25H2,3-9H3,(H,47,48)(H,49,50)/t28-,29-,30+,31-,32-,33-,36+,37+,42-,43-,44+,45+/m0/s1. The molecule has 0 amide bonds. The number of carboxylic acids is 2. The fraction of sp³-hybridized carbons (Fsp3) is 0.778. The molecule has 0 aromatic carbocycles. The SMILES string of the molecule is C=C1CC[C@H]2[C@](C)(CO)CCC[C@]2(C)[C@@H]1CO[C@@H](C(=O)OC)[C@H](CC(=O)O)C(=O)OC[C@]1(C)CCC[C@]2(C)[C@@H](CO[C@@H](C(=O)OC)[C@H](CC(=O)O)C(=O)OC)C(=C)CC[C@@H]12. The number of aliphatic hydroxyl groups is 1. The summed E-state index contributed by atoms with van der Waals surface area (Å²) in [6.07, 6.45) is 3.09. The fourth-order valence-corrected chi connectivity index (χ4v) is 12.0. The van der Waals surface area contributed by atoms with Gasteiger partial charge in [0.2, 0.25) is 0 Å². The van der Waals surface area contributed by atoms with Crippen LogP contribution in [0.2, 0.25) is 0 Å². The Hall–Kier alpha value is -3.82. The average molecular weight is 849 g/mol. The molecule has 15 heteroatoms. The molecular formula is C45H68O15. The molecule has 0 spiro atoms. The minimum atomic E-state index is -1.56. The molecule has 15 nitrogen and oxygen atoms in total. The van der Waals surface area contributed by atoms with Gasteiger partial charge in [0.25, 0.3) is 0 Å². The van der Waals surface area contributed by atoms with E-state index in [1.807, 2.05) is 6.92 Å². The summed E-state index contributed by atoms with van der Waals surface area (Å²) in [4.78, 5) is 77.0. The molecule has 4 rings (SSSR count). The summed E-state index contributed by atoms with van der Waals surface area (Å²) in [7, 11) is 3.37. The molecule has 0 bridgehead atoms. The number of fused-ring (bicyclic) bond motifs is 2. The number of hydrogen-bond donors (Lipinski definition) is 3. The summed E-state index contributed by atoms with van der Waals surface area (Å²) < 4.78 is 33.2. The van der Waals surface area contributed by atoms with Gasteiger partial charge in [-0.25, -0.2) is 9.59 Å². The van der Waals surface area contributed by atoms with Gasteiger partial charge >= 0.3 is 35.8 Å². The molecule has 338 valence electrons. The molecule has 0 aromatic heterocycles.